The normalized spacial score (nSPS) is 21.2. The van der Waals surface area contributed by atoms with Gasteiger partial charge in [-0.15, -0.1) is 48.6 Å². The highest BCUT2D eigenvalue weighted by Gasteiger charge is 2.42. The van der Waals surface area contributed by atoms with E-state index >= 15 is 0 Å². The molecule has 1 saturated carbocycles. The average molecular weight is 705 g/mol. The molecule has 2 fully saturated rings. The number of likely N-dealkylation sites (N-methyl/N-ethyl adjacent to an activating group) is 1. The molecule has 1 N–H and O–H groups in total. The maximum absolute atomic E-state index is 14.3. The first-order chi connectivity index (χ1) is 20.1. The van der Waals surface area contributed by atoms with E-state index in [4.69, 9.17) is 4.98 Å². The number of carbonyl (C=O) groups is 1. The maximum atomic E-state index is 14.3. The Balaban J connectivity index is 0.00000235. The monoisotopic (exact) mass is 703 g/mol. The Morgan fingerprint density at radius 1 is 1.04 bits per heavy atom. The van der Waals surface area contributed by atoms with Gasteiger partial charge >= 0.3 is 5.97 Å². The summed E-state index contributed by atoms with van der Waals surface area (Å²) in [6.07, 6.45) is 4.63. The van der Waals surface area contributed by atoms with Crippen molar-refractivity contribution >= 4 is 54.5 Å². The number of rotatable bonds is 10. The summed E-state index contributed by atoms with van der Waals surface area (Å²) < 4.78 is 27.6. The van der Waals surface area contributed by atoms with Gasteiger partial charge in [-0.25, -0.2) is 13.8 Å². The molecule has 0 amide bonds. The Kier molecular flexibility index (Phi) is 15.2. The number of hydrogen-bond acceptors (Lipinski definition) is 5. The molecule has 5 rings (SSSR count). The summed E-state index contributed by atoms with van der Waals surface area (Å²) in [6, 6.07) is 13.3. The molecule has 2 heterocycles. The number of nitrogens with zero attached hydrogens (tertiary/aromatic N) is 3. The van der Waals surface area contributed by atoms with Crippen molar-refractivity contribution in [1.82, 2.24) is 14.8 Å². The molecule has 1 aliphatic carbocycles. The van der Waals surface area contributed by atoms with Crippen LogP contribution in [0.5, 0.6) is 0 Å². The highest BCUT2D eigenvalue weighted by Crippen LogP contribution is 2.44. The van der Waals surface area contributed by atoms with Crippen LogP contribution in [0.3, 0.4) is 0 Å². The van der Waals surface area contributed by atoms with E-state index in [-0.39, 0.29) is 66.7 Å². The first kappa shape index (κ1) is 39.4. The van der Waals surface area contributed by atoms with Crippen molar-refractivity contribution in [2.75, 3.05) is 26.7 Å². The van der Waals surface area contributed by atoms with E-state index in [1.807, 2.05) is 39.1 Å². The van der Waals surface area contributed by atoms with Crippen LogP contribution in [0.1, 0.15) is 78.1 Å². The van der Waals surface area contributed by atoms with E-state index in [2.05, 4.69) is 16.7 Å². The summed E-state index contributed by atoms with van der Waals surface area (Å²) in [5.74, 6) is -0.180. The Bertz CT molecular complexity index is 1370. The van der Waals surface area contributed by atoms with E-state index in [0.717, 1.165) is 73.6 Å². The van der Waals surface area contributed by atoms with Crippen molar-refractivity contribution in [1.29, 1.82) is 0 Å². The number of aryl methyl sites for hydroxylation is 1. The van der Waals surface area contributed by atoms with Crippen LogP contribution in [0.4, 0.5) is 8.78 Å². The third-order valence-electron chi connectivity index (χ3n) is 9.44. The van der Waals surface area contributed by atoms with E-state index in [1.54, 1.807) is 23.5 Å². The smallest absolute Gasteiger partial charge is 0.321 e. The molecule has 45 heavy (non-hydrogen) atoms. The zero-order valence-corrected chi connectivity index (χ0v) is 29.6. The topological polar surface area (TPSA) is 56.7 Å². The number of aromatic nitrogens is 1. The van der Waals surface area contributed by atoms with Gasteiger partial charge in [0.15, 0.2) is 0 Å². The minimum absolute atomic E-state index is 0. The second kappa shape index (κ2) is 17.4. The lowest BCUT2D eigenvalue weighted by Crippen LogP contribution is -2.47. The molecular formula is C34H46Cl3F2N3O2S. The van der Waals surface area contributed by atoms with Crippen LogP contribution >= 0.6 is 48.6 Å². The predicted molar refractivity (Wildman–Crippen MR) is 186 cm³/mol. The quantitative estimate of drug-likeness (QED) is 0.230. The summed E-state index contributed by atoms with van der Waals surface area (Å²) in [7, 11) is 1.95. The molecule has 3 aromatic rings. The Hall–Kier alpha value is -1.81. The van der Waals surface area contributed by atoms with Gasteiger partial charge in [0, 0.05) is 23.9 Å². The molecule has 0 spiro atoms. The van der Waals surface area contributed by atoms with Crippen molar-refractivity contribution in [2.45, 2.75) is 76.8 Å². The number of halogens is 5. The van der Waals surface area contributed by atoms with Gasteiger partial charge in [-0.1, -0.05) is 38.1 Å². The maximum Gasteiger partial charge on any atom is 0.321 e. The fourth-order valence-corrected chi connectivity index (χ4v) is 8.61. The van der Waals surface area contributed by atoms with Gasteiger partial charge in [0.25, 0.3) is 0 Å². The predicted octanol–water partition coefficient (Wildman–Crippen LogP) is 8.37. The van der Waals surface area contributed by atoms with Crippen LogP contribution in [-0.2, 0) is 11.2 Å². The molecular weight excluding hydrogens is 659 g/mol. The molecule has 1 saturated heterocycles. The number of likely N-dealkylation sites (tertiary alicyclic amines) is 1. The van der Waals surface area contributed by atoms with Gasteiger partial charge < -0.3 is 10.0 Å². The summed E-state index contributed by atoms with van der Waals surface area (Å²) in [5, 5.41) is 11.0. The van der Waals surface area contributed by atoms with Crippen LogP contribution in [-0.4, -0.2) is 64.6 Å². The molecule has 2 aliphatic rings. The number of benzene rings is 2. The van der Waals surface area contributed by atoms with E-state index < -0.39 is 12.0 Å². The Morgan fingerprint density at radius 2 is 1.71 bits per heavy atom. The largest absolute Gasteiger partial charge is 0.480 e. The summed E-state index contributed by atoms with van der Waals surface area (Å²) in [4.78, 5) is 22.9. The first-order valence-electron chi connectivity index (χ1n) is 15.2. The van der Waals surface area contributed by atoms with E-state index in [0.29, 0.717) is 11.8 Å². The summed E-state index contributed by atoms with van der Waals surface area (Å²) in [5.41, 5.74) is 3.21. The van der Waals surface area contributed by atoms with Crippen molar-refractivity contribution in [3.8, 4) is 0 Å². The lowest BCUT2D eigenvalue weighted by Gasteiger charge is -2.35. The Morgan fingerprint density at radius 3 is 2.31 bits per heavy atom. The molecule has 2 aromatic carbocycles. The van der Waals surface area contributed by atoms with Crippen LogP contribution in [0.25, 0.3) is 0 Å². The number of carboxylic acids is 1. The number of aliphatic carboxylic acids is 1. The number of hydrogen-bond donors (Lipinski definition) is 1. The second-order valence-electron chi connectivity index (χ2n) is 12.7. The molecule has 1 aromatic heterocycles. The number of carboxylic acid groups (broad SMARTS) is 1. The second-order valence-corrected chi connectivity index (χ2v) is 13.8. The molecule has 11 heteroatoms. The lowest BCUT2D eigenvalue weighted by atomic mass is 9.87. The van der Waals surface area contributed by atoms with Crippen molar-refractivity contribution < 1.29 is 18.7 Å². The average Bonchev–Trinajstić information content (AvgIpc) is 3.53. The Labute approximate surface area is 289 Å². The molecule has 250 valence electrons. The van der Waals surface area contributed by atoms with Gasteiger partial charge in [-0.3, -0.25) is 9.69 Å². The number of piperidine rings is 1. The molecule has 0 radical (unpaired) electrons. The third kappa shape index (κ3) is 9.61. The van der Waals surface area contributed by atoms with Gasteiger partial charge in [0.2, 0.25) is 0 Å². The SMILES string of the molecule is Cc1nc(Cc2ccc(F)cc2)sc1C1CCN(CC2CC(N(C)[C@@H](C(=O)O)C(C)C)CC2c2cccc(F)c2)CC1.Cl.Cl.Cl. The van der Waals surface area contributed by atoms with Crippen LogP contribution in [0.15, 0.2) is 48.5 Å². The van der Waals surface area contributed by atoms with Gasteiger partial charge in [-0.2, -0.15) is 0 Å². The van der Waals surface area contributed by atoms with E-state index in [9.17, 15) is 18.7 Å². The minimum atomic E-state index is -0.778. The summed E-state index contributed by atoms with van der Waals surface area (Å²) in [6.45, 7) is 8.98. The van der Waals surface area contributed by atoms with Gasteiger partial charge in [-0.05, 0) is 112 Å². The first-order valence-corrected chi connectivity index (χ1v) is 16.0. The molecule has 4 atom stereocenters. The highest BCUT2D eigenvalue weighted by molar-refractivity contribution is 7.11. The number of thiazole rings is 1. The molecule has 1 aliphatic heterocycles. The van der Waals surface area contributed by atoms with Crippen molar-refractivity contribution in [3.63, 3.8) is 0 Å². The van der Waals surface area contributed by atoms with Gasteiger partial charge in [0.1, 0.15) is 17.7 Å². The molecule has 0 bridgehead atoms. The molecule has 3 unspecified atom stereocenters. The summed E-state index contributed by atoms with van der Waals surface area (Å²) >= 11 is 1.80. The lowest BCUT2D eigenvalue weighted by molar-refractivity contribution is -0.145. The van der Waals surface area contributed by atoms with Crippen LogP contribution in [0.2, 0.25) is 0 Å². The minimum Gasteiger partial charge on any atom is -0.480 e. The van der Waals surface area contributed by atoms with Crippen molar-refractivity contribution in [3.05, 3.63) is 86.9 Å². The molecule has 5 nitrogen and oxygen atoms in total. The third-order valence-corrected chi connectivity index (χ3v) is 10.8. The zero-order chi connectivity index (χ0) is 30.0. The highest BCUT2D eigenvalue weighted by atomic mass is 35.5. The standard InChI is InChI=1S/C34H43F2N3O2S.3ClH/c1-21(2)32(34(40)41)38(4)29-18-26(30(19-29)25-6-5-7-28(36)17-25)20-39-14-12-24(13-15-39)33-22(3)37-31(42-33)16-23-8-10-27(35)11-9-23;;;/h5-11,17,21,24,26,29-30,32H,12-16,18-20H2,1-4H3,(H,40,41);3*1H/t26?,29?,30?,32-;;;/m1.../s1. The van der Waals surface area contributed by atoms with E-state index in [1.165, 1.54) is 23.1 Å². The van der Waals surface area contributed by atoms with Gasteiger partial charge in [0.05, 0.1) is 10.7 Å². The fourth-order valence-electron chi connectivity index (χ4n) is 7.34. The van der Waals surface area contributed by atoms with Crippen molar-refractivity contribution in [2.24, 2.45) is 11.8 Å². The van der Waals surface area contributed by atoms with Crippen LogP contribution < -0.4 is 0 Å². The van der Waals surface area contributed by atoms with Crippen LogP contribution in [0, 0.1) is 30.4 Å². The zero-order valence-electron chi connectivity index (χ0n) is 26.3. The fraction of sp³-hybridized carbons (Fsp3) is 0.529.